The number of halogens is 1. The average Bonchev–Trinajstić information content (AvgIpc) is 3.03. The summed E-state index contributed by atoms with van der Waals surface area (Å²) in [5.74, 6) is 0.0479. The summed E-state index contributed by atoms with van der Waals surface area (Å²) in [5, 5.41) is 3.51. The van der Waals surface area contributed by atoms with Crippen LogP contribution in [0.25, 0.3) is 0 Å². The quantitative estimate of drug-likeness (QED) is 0.852. The number of piperidine rings is 1. The molecule has 0 radical (unpaired) electrons. The molecule has 4 nitrogen and oxygen atoms in total. The van der Waals surface area contributed by atoms with Crippen molar-refractivity contribution < 1.29 is 4.79 Å². The van der Waals surface area contributed by atoms with Crippen molar-refractivity contribution in [1.29, 1.82) is 0 Å². The first-order valence-corrected chi connectivity index (χ1v) is 9.61. The van der Waals surface area contributed by atoms with Crippen LogP contribution in [0.5, 0.6) is 0 Å². The Balaban J connectivity index is 1.44. The van der Waals surface area contributed by atoms with E-state index in [1.54, 1.807) is 6.07 Å². The summed E-state index contributed by atoms with van der Waals surface area (Å²) in [6.45, 7) is 5.63. The van der Waals surface area contributed by atoms with Crippen LogP contribution in [0.2, 0.25) is 5.02 Å². The Morgan fingerprint density at radius 2 is 1.92 bits per heavy atom. The van der Waals surface area contributed by atoms with Gasteiger partial charge in [-0.1, -0.05) is 30.2 Å². The van der Waals surface area contributed by atoms with Crippen molar-refractivity contribution in [2.75, 3.05) is 38.0 Å². The second-order valence-electron chi connectivity index (χ2n) is 6.97. The maximum Gasteiger partial charge on any atom is 0.225 e. The van der Waals surface area contributed by atoms with Crippen molar-refractivity contribution in [1.82, 2.24) is 9.80 Å². The summed E-state index contributed by atoms with van der Waals surface area (Å²) in [6, 6.07) is 8.02. The monoisotopic (exact) mass is 349 g/mol. The molecule has 2 saturated heterocycles. The minimum atomic E-state index is 0.0479. The molecule has 132 valence electrons. The van der Waals surface area contributed by atoms with Gasteiger partial charge in [-0.05, 0) is 57.5 Å². The summed E-state index contributed by atoms with van der Waals surface area (Å²) in [6.07, 6.45) is 7.11. The standard InChI is InChI=1S/C19H28ClN3O/c20-17-8-2-3-9-18(17)21-19(24)10-14-23-13-6-7-16(23)15-22-11-4-1-5-12-22/h2-3,8-9,16H,1,4-7,10-15H2,(H,21,24)/t16-/m1/s1. The molecular formula is C19H28ClN3O. The topological polar surface area (TPSA) is 35.6 Å². The number of hydrogen-bond donors (Lipinski definition) is 1. The van der Waals surface area contributed by atoms with E-state index in [0.717, 1.165) is 13.1 Å². The lowest BCUT2D eigenvalue weighted by Crippen LogP contribution is -2.43. The van der Waals surface area contributed by atoms with E-state index in [2.05, 4.69) is 15.1 Å². The Kier molecular flexibility index (Phi) is 6.52. The van der Waals surface area contributed by atoms with Crippen LogP contribution in [0.3, 0.4) is 0 Å². The molecule has 2 aliphatic rings. The Morgan fingerprint density at radius 3 is 2.71 bits per heavy atom. The number of carbonyl (C=O) groups excluding carboxylic acids is 1. The molecule has 3 rings (SSSR count). The number of benzene rings is 1. The third-order valence-corrected chi connectivity index (χ3v) is 5.52. The molecule has 0 bridgehead atoms. The number of nitrogens with one attached hydrogen (secondary N) is 1. The van der Waals surface area contributed by atoms with Crippen molar-refractivity contribution in [2.45, 2.75) is 44.6 Å². The van der Waals surface area contributed by atoms with Gasteiger partial charge in [-0.25, -0.2) is 0 Å². The third kappa shape index (κ3) is 4.95. The highest BCUT2D eigenvalue weighted by Crippen LogP contribution is 2.22. The van der Waals surface area contributed by atoms with E-state index in [1.165, 1.54) is 51.7 Å². The summed E-state index contributed by atoms with van der Waals surface area (Å²) < 4.78 is 0. The van der Waals surface area contributed by atoms with E-state index in [9.17, 15) is 4.79 Å². The van der Waals surface area contributed by atoms with Gasteiger partial charge in [0.15, 0.2) is 0 Å². The van der Waals surface area contributed by atoms with Crippen LogP contribution in [0.4, 0.5) is 5.69 Å². The summed E-state index contributed by atoms with van der Waals surface area (Å²) in [7, 11) is 0. The van der Waals surface area contributed by atoms with Crippen molar-refractivity contribution in [3.8, 4) is 0 Å². The first-order chi connectivity index (χ1) is 11.7. The molecule has 1 amide bonds. The lowest BCUT2D eigenvalue weighted by atomic mass is 10.1. The van der Waals surface area contributed by atoms with Crippen molar-refractivity contribution in [2.24, 2.45) is 0 Å². The first-order valence-electron chi connectivity index (χ1n) is 9.23. The molecule has 24 heavy (non-hydrogen) atoms. The Hall–Kier alpha value is -1.10. The number of anilines is 1. The van der Waals surface area contributed by atoms with Crippen LogP contribution in [0, 0.1) is 0 Å². The number of amides is 1. The van der Waals surface area contributed by atoms with Crippen LogP contribution in [-0.4, -0.2) is 54.5 Å². The molecule has 1 atom stereocenters. The molecule has 0 aromatic heterocycles. The van der Waals surface area contributed by atoms with E-state index in [-0.39, 0.29) is 5.91 Å². The van der Waals surface area contributed by atoms with Crippen LogP contribution in [0.15, 0.2) is 24.3 Å². The number of carbonyl (C=O) groups is 1. The largest absolute Gasteiger partial charge is 0.325 e. The minimum Gasteiger partial charge on any atom is -0.325 e. The molecule has 0 spiro atoms. The predicted molar refractivity (Wildman–Crippen MR) is 99.6 cm³/mol. The molecule has 0 aliphatic carbocycles. The number of rotatable bonds is 6. The van der Waals surface area contributed by atoms with Gasteiger partial charge in [0.05, 0.1) is 10.7 Å². The van der Waals surface area contributed by atoms with Crippen molar-refractivity contribution in [3.63, 3.8) is 0 Å². The van der Waals surface area contributed by atoms with Gasteiger partial charge in [-0.3, -0.25) is 9.69 Å². The normalized spacial score (nSPS) is 22.6. The second-order valence-corrected chi connectivity index (χ2v) is 7.38. The van der Waals surface area contributed by atoms with Gasteiger partial charge in [0, 0.05) is 25.6 Å². The zero-order chi connectivity index (χ0) is 16.8. The lowest BCUT2D eigenvalue weighted by molar-refractivity contribution is -0.116. The lowest BCUT2D eigenvalue weighted by Gasteiger charge is -2.32. The number of likely N-dealkylation sites (tertiary alicyclic amines) is 2. The van der Waals surface area contributed by atoms with Crippen LogP contribution in [-0.2, 0) is 4.79 Å². The molecule has 2 fully saturated rings. The molecule has 1 aromatic carbocycles. The fourth-order valence-electron chi connectivity index (χ4n) is 3.86. The van der Waals surface area contributed by atoms with E-state index in [1.807, 2.05) is 18.2 Å². The molecule has 1 N–H and O–H groups in total. The van der Waals surface area contributed by atoms with Gasteiger partial charge in [0.25, 0.3) is 0 Å². The highest BCUT2D eigenvalue weighted by molar-refractivity contribution is 6.33. The fraction of sp³-hybridized carbons (Fsp3) is 0.632. The van der Waals surface area contributed by atoms with Gasteiger partial charge in [0.1, 0.15) is 0 Å². The predicted octanol–water partition coefficient (Wildman–Crippen LogP) is 3.62. The van der Waals surface area contributed by atoms with Crippen LogP contribution >= 0.6 is 11.6 Å². The zero-order valence-corrected chi connectivity index (χ0v) is 15.1. The first kappa shape index (κ1) is 17.7. The number of hydrogen-bond acceptors (Lipinski definition) is 3. The smallest absolute Gasteiger partial charge is 0.225 e. The molecule has 0 unspecified atom stereocenters. The van der Waals surface area contributed by atoms with Crippen molar-refractivity contribution >= 4 is 23.2 Å². The van der Waals surface area contributed by atoms with Gasteiger partial charge in [-0.2, -0.15) is 0 Å². The van der Waals surface area contributed by atoms with E-state index in [4.69, 9.17) is 11.6 Å². The minimum absolute atomic E-state index is 0.0479. The summed E-state index contributed by atoms with van der Waals surface area (Å²) in [5.41, 5.74) is 0.704. The van der Waals surface area contributed by atoms with Gasteiger partial charge >= 0.3 is 0 Å². The molecule has 2 aliphatic heterocycles. The highest BCUT2D eigenvalue weighted by Gasteiger charge is 2.27. The average molecular weight is 350 g/mol. The highest BCUT2D eigenvalue weighted by atomic mass is 35.5. The van der Waals surface area contributed by atoms with Crippen LogP contribution in [0.1, 0.15) is 38.5 Å². The summed E-state index contributed by atoms with van der Waals surface area (Å²) in [4.78, 5) is 17.3. The molecule has 0 saturated carbocycles. The maximum absolute atomic E-state index is 12.2. The molecule has 1 aromatic rings. The SMILES string of the molecule is O=C(CCN1CCC[C@@H]1CN1CCCCC1)Nc1ccccc1Cl. The number of para-hydroxylation sites is 1. The number of nitrogens with zero attached hydrogens (tertiary/aromatic N) is 2. The zero-order valence-electron chi connectivity index (χ0n) is 14.3. The van der Waals surface area contributed by atoms with E-state index in [0.29, 0.717) is 23.2 Å². The Labute approximate surface area is 150 Å². The molecule has 2 heterocycles. The molecular weight excluding hydrogens is 322 g/mol. The Morgan fingerprint density at radius 1 is 1.12 bits per heavy atom. The maximum atomic E-state index is 12.2. The second kappa shape index (κ2) is 8.84. The van der Waals surface area contributed by atoms with Gasteiger partial charge in [-0.15, -0.1) is 0 Å². The van der Waals surface area contributed by atoms with Gasteiger partial charge < -0.3 is 10.2 Å². The van der Waals surface area contributed by atoms with Crippen molar-refractivity contribution in [3.05, 3.63) is 29.3 Å². The van der Waals surface area contributed by atoms with E-state index < -0.39 is 0 Å². The third-order valence-electron chi connectivity index (χ3n) is 5.19. The summed E-state index contributed by atoms with van der Waals surface area (Å²) >= 11 is 6.10. The molecule has 5 heteroatoms. The van der Waals surface area contributed by atoms with Crippen LogP contribution < -0.4 is 5.32 Å². The van der Waals surface area contributed by atoms with Gasteiger partial charge in [0.2, 0.25) is 5.91 Å². The fourth-order valence-corrected chi connectivity index (χ4v) is 4.04. The Bertz CT molecular complexity index is 545. The van der Waals surface area contributed by atoms with E-state index >= 15 is 0 Å².